The van der Waals surface area contributed by atoms with Gasteiger partial charge in [0.05, 0.1) is 11.3 Å². The summed E-state index contributed by atoms with van der Waals surface area (Å²) in [6, 6.07) is 11.4. The standard InChI is InChI=1S/C22H28N4O2.CH2O2/c1-5-25(3)21(27)18-9-10-20(23-14-18)16-7-6-8-17(13-16)22(28)26(4)19-11-12-24(2)15-19;2-1-3/h6-10,13-14,19H,5,11-12,15H2,1-4H3;1H,(H,2,3). The Morgan fingerprint density at radius 3 is 2.45 bits per heavy atom. The van der Waals surface area contributed by atoms with E-state index in [0.29, 0.717) is 17.7 Å². The van der Waals surface area contributed by atoms with E-state index < -0.39 is 0 Å². The number of likely N-dealkylation sites (N-methyl/N-ethyl adjacent to an activating group) is 2. The quantitative estimate of drug-likeness (QED) is 0.738. The first kappa shape index (κ1) is 24.0. The summed E-state index contributed by atoms with van der Waals surface area (Å²) in [7, 11) is 5.73. The van der Waals surface area contributed by atoms with E-state index in [-0.39, 0.29) is 24.3 Å². The van der Waals surface area contributed by atoms with Crippen molar-refractivity contribution in [3.63, 3.8) is 0 Å². The number of pyridine rings is 1. The van der Waals surface area contributed by atoms with Crippen molar-refractivity contribution < 1.29 is 19.5 Å². The van der Waals surface area contributed by atoms with Crippen LogP contribution in [0.25, 0.3) is 11.3 Å². The minimum absolute atomic E-state index is 0.0264. The highest BCUT2D eigenvalue weighted by atomic mass is 16.3. The molecule has 8 heteroatoms. The molecule has 2 amide bonds. The minimum atomic E-state index is -0.250. The molecule has 8 nitrogen and oxygen atoms in total. The number of aromatic nitrogens is 1. The highest BCUT2D eigenvalue weighted by molar-refractivity contribution is 5.96. The zero-order valence-corrected chi connectivity index (χ0v) is 18.5. The summed E-state index contributed by atoms with van der Waals surface area (Å²) in [4.78, 5) is 43.7. The van der Waals surface area contributed by atoms with Crippen molar-refractivity contribution in [3.8, 4) is 11.3 Å². The molecule has 1 aliphatic heterocycles. The summed E-state index contributed by atoms with van der Waals surface area (Å²) in [5, 5.41) is 6.89. The molecular formula is C23H30N4O4. The smallest absolute Gasteiger partial charge is 0.290 e. The summed E-state index contributed by atoms with van der Waals surface area (Å²) in [6.45, 7) is 4.26. The molecule has 2 aromatic rings. The van der Waals surface area contributed by atoms with Gasteiger partial charge in [-0.25, -0.2) is 0 Å². The van der Waals surface area contributed by atoms with E-state index >= 15 is 0 Å². The van der Waals surface area contributed by atoms with E-state index in [2.05, 4.69) is 16.9 Å². The number of amides is 2. The number of carboxylic acid groups (broad SMARTS) is 1. The summed E-state index contributed by atoms with van der Waals surface area (Å²) in [6.07, 6.45) is 2.60. The molecule has 1 N–H and O–H groups in total. The summed E-state index contributed by atoms with van der Waals surface area (Å²) < 4.78 is 0. The molecule has 1 fully saturated rings. The van der Waals surface area contributed by atoms with Crippen LogP contribution >= 0.6 is 0 Å². The van der Waals surface area contributed by atoms with E-state index in [1.54, 1.807) is 24.2 Å². The van der Waals surface area contributed by atoms with Gasteiger partial charge in [0.15, 0.2) is 0 Å². The van der Waals surface area contributed by atoms with Gasteiger partial charge in [-0.2, -0.15) is 0 Å². The maximum absolute atomic E-state index is 12.9. The lowest BCUT2D eigenvalue weighted by Gasteiger charge is -2.24. The Kier molecular flexibility index (Phi) is 8.69. The van der Waals surface area contributed by atoms with Gasteiger partial charge in [-0.15, -0.1) is 0 Å². The molecule has 1 aliphatic rings. The lowest BCUT2D eigenvalue weighted by atomic mass is 10.1. The van der Waals surface area contributed by atoms with Crippen molar-refractivity contribution in [2.24, 2.45) is 0 Å². The second-order valence-electron chi connectivity index (χ2n) is 7.56. The van der Waals surface area contributed by atoms with E-state index in [4.69, 9.17) is 9.90 Å². The highest BCUT2D eigenvalue weighted by Crippen LogP contribution is 2.21. The summed E-state index contributed by atoms with van der Waals surface area (Å²) in [5.41, 5.74) is 2.83. The lowest BCUT2D eigenvalue weighted by Crippen LogP contribution is -2.38. The Hall–Kier alpha value is -3.26. The van der Waals surface area contributed by atoms with Gasteiger partial charge in [0.1, 0.15) is 0 Å². The molecule has 1 unspecified atom stereocenters. The molecule has 0 aliphatic carbocycles. The van der Waals surface area contributed by atoms with Crippen LogP contribution in [0.3, 0.4) is 0 Å². The summed E-state index contributed by atoms with van der Waals surface area (Å²) in [5.74, 6) is -0.0212. The van der Waals surface area contributed by atoms with Crippen LogP contribution in [0.2, 0.25) is 0 Å². The normalized spacial score (nSPS) is 15.5. The second-order valence-corrected chi connectivity index (χ2v) is 7.56. The minimum Gasteiger partial charge on any atom is -0.483 e. The Morgan fingerprint density at radius 2 is 1.90 bits per heavy atom. The molecule has 0 spiro atoms. The fourth-order valence-corrected chi connectivity index (χ4v) is 3.46. The third-order valence-electron chi connectivity index (χ3n) is 5.47. The number of likely N-dealkylation sites (tertiary alicyclic amines) is 1. The number of benzene rings is 1. The van der Waals surface area contributed by atoms with Crippen molar-refractivity contribution in [2.75, 3.05) is 40.8 Å². The van der Waals surface area contributed by atoms with Crippen LogP contribution in [-0.2, 0) is 4.79 Å². The van der Waals surface area contributed by atoms with Crippen molar-refractivity contribution in [2.45, 2.75) is 19.4 Å². The van der Waals surface area contributed by atoms with Crippen LogP contribution in [0.5, 0.6) is 0 Å². The number of rotatable bonds is 5. The third kappa shape index (κ3) is 6.11. The molecule has 2 heterocycles. The topological polar surface area (TPSA) is 94.1 Å². The van der Waals surface area contributed by atoms with Crippen LogP contribution < -0.4 is 0 Å². The first-order valence-electron chi connectivity index (χ1n) is 10.2. The number of nitrogens with zero attached hydrogens (tertiary/aromatic N) is 4. The Labute approximate surface area is 183 Å². The van der Waals surface area contributed by atoms with Crippen molar-refractivity contribution in [1.29, 1.82) is 0 Å². The van der Waals surface area contributed by atoms with Crippen LogP contribution in [0, 0.1) is 0 Å². The number of hydrogen-bond donors (Lipinski definition) is 1. The molecule has 0 saturated carbocycles. The maximum atomic E-state index is 12.9. The Bertz CT molecular complexity index is 901. The SMILES string of the molecule is CCN(C)C(=O)c1ccc(-c2cccc(C(=O)N(C)C3CCN(C)C3)c2)nc1.O=CO. The third-order valence-corrected chi connectivity index (χ3v) is 5.47. The molecule has 0 radical (unpaired) electrons. The van der Waals surface area contributed by atoms with E-state index in [1.807, 2.05) is 49.2 Å². The van der Waals surface area contributed by atoms with E-state index in [1.165, 1.54) is 0 Å². The first-order chi connectivity index (χ1) is 14.8. The monoisotopic (exact) mass is 426 g/mol. The number of carbonyl (C=O) groups excluding carboxylic acids is 2. The maximum Gasteiger partial charge on any atom is 0.290 e. The Morgan fingerprint density at radius 1 is 1.19 bits per heavy atom. The van der Waals surface area contributed by atoms with Gasteiger partial charge < -0.3 is 19.8 Å². The van der Waals surface area contributed by atoms with Gasteiger partial charge in [0.2, 0.25) is 0 Å². The largest absolute Gasteiger partial charge is 0.483 e. The van der Waals surface area contributed by atoms with Gasteiger partial charge in [0, 0.05) is 50.6 Å². The van der Waals surface area contributed by atoms with Crippen LogP contribution in [0.15, 0.2) is 42.6 Å². The predicted molar refractivity (Wildman–Crippen MR) is 119 cm³/mol. The zero-order valence-electron chi connectivity index (χ0n) is 18.5. The average molecular weight is 427 g/mol. The first-order valence-corrected chi connectivity index (χ1v) is 10.2. The average Bonchev–Trinajstić information content (AvgIpc) is 3.24. The molecule has 1 aromatic heterocycles. The van der Waals surface area contributed by atoms with Gasteiger partial charge in [0.25, 0.3) is 18.3 Å². The van der Waals surface area contributed by atoms with E-state index in [9.17, 15) is 9.59 Å². The number of carbonyl (C=O) groups is 3. The molecule has 31 heavy (non-hydrogen) atoms. The van der Waals surface area contributed by atoms with Crippen molar-refractivity contribution in [1.82, 2.24) is 19.7 Å². The molecule has 1 saturated heterocycles. The molecular weight excluding hydrogens is 396 g/mol. The van der Waals surface area contributed by atoms with Crippen LogP contribution in [0.1, 0.15) is 34.1 Å². The highest BCUT2D eigenvalue weighted by Gasteiger charge is 2.27. The predicted octanol–water partition coefficient (Wildman–Crippen LogP) is 2.32. The number of hydrogen-bond acceptors (Lipinski definition) is 5. The van der Waals surface area contributed by atoms with Gasteiger partial charge >= 0.3 is 0 Å². The van der Waals surface area contributed by atoms with Crippen molar-refractivity contribution >= 4 is 18.3 Å². The fourth-order valence-electron chi connectivity index (χ4n) is 3.46. The van der Waals surface area contributed by atoms with Gasteiger partial charge in [-0.1, -0.05) is 12.1 Å². The molecule has 0 bridgehead atoms. The van der Waals surface area contributed by atoms with E-state index in [0.717, 1.165) is 30.8 Å². The van der Waals surface area contributed by atoms with Gasteiger partial charge in [-0.05, 0) is 51.2 Å². The van der Waals surface area contributed by atoms with Crippen LogP contribution in [0.4, 0.5) is 0 Å². The fraction of sp³-hybridized carbons (Fsp3) is 0.391. The van der Waals surface area contributed by atoms with Crippen molar-refractivity contribution in [3.05, 3.63) is 53.7 Å². The molecule has 1 aromatic carbocycles. The second kappa shape index (κ2) is 11.2. The molecule has 166 valence electrons. The Balaban J connectivity index is 0.00000107. The lowest BCUT2D eigenvalue weighted by molar-refractivity contribution is -0.122. The van der Waals surface area contributed by atoms with Gasteiger partial charge in [-0.3, -0.25) is 19.4 Å². The molecule has 1 atom stereocenters. The molecule has 3 rings (SSSR count). The van der Waals surface area contributed by atoms with Crippen LogP contribution in [-0.4, -0.2) is 89.9 Å². The summed E-state index contributed by atoms with van der Waals surface area (Å²) >= 11 is 0. The zero-order chi connectivity index (χ0) is 23.0.